The lowest BCUT2D eigenvalue weighted by Crippen LogP contribution is -2.28. The molecule has 20 heavy (non-hydrogen) atoms. The first-order chi connectivity index (χ1) is 9.62. The molecule has 0 aliphatic rings. The molecule has 1 rings (SSSR count). The van der Waals surface area contributed by atoms with Crippen LogP contribution in [-0.4, -0.2) is 32.1 Å². The minimum absolute atomic E-state index is 0.454. The number of methoxy groups -OCH3 is 1. The molecule has 7 heteroatoms. The van der Waals surface area contributed by atoms with Crippen LogP contribution >= 0.6 is 28.1 Å². The highest BCUT2D eigenvalue weighted by atomic mass is 79.9. The van der Waals surface area contributed by atoms with Crippen molar-refractivity contribution in [2.24, 2.45) is 5.10 Å². The highest BCUT2D eigenvalue weighted by Gasteiger charge is 2.10. The molecule has 1 aromatic carbocycles. The topological polar surface area (TPSA) is 54.9 Å². The molecule has 0 amide bonds. The molecule has 0 radical (unpaired) electrons. The van der Waals surface area contributed by atoms with Crippen LogP contribution in [0.4, 0.5) is 0 Å². The van der Waals surface area contributed by atoms with Crippen LogP contribution in [0.2, 0.25) is 0 Å². The van der Waals surface area contributed by atoms with Gasteiger partial charge in [0.05, 0.1) is 24.4 Å². The first-order valence-corrected chi connectivity index (χ1v) is 7.33. The number of rotatable bonds is 6. The van der Waals surface area contributed by atoms with Gasteiger partial charge in [-0.1, -0.05) is 6.92 Å². The molecule has 0 spiro atoms. The fourth-order valence-electron chi connectivity index (χ4n) is 1.38. The Kier molecular flexibility index (Phi) is 7.32. The molecule has 0 saturated carbocycles. The minimum atomic E-state index is 0.454. The Morgan fingerprint density at radius 1 is 1.50 bits per heavy atom. The third-order valence-electron chi connectivity index (χ3n) is 2.31. The Morgan fingerprint density at radius 3 is 2.85 bits per heavy atom. The van der Waals surface area contributed by atoms with Crippen molar-refractivity contribution in [3.05, 3.63) is 22.2 Å². The van der Waals surface area contributed by atoms with Crippen LogP contribution in [0.15, 0.2) is 21.7 Å². The monoisotopic (exact) mass is 359 g/mol. The highest BCUT2D eigenvalue weighted by Crippen LogP contribution is 2.36. The van der Waals surface area contributed by atoms with Crippen LogP contribution in [0.5, 0.6) is 11.5 Å². The summed E-state index contributed by atoms with van der Waals surface area (Å²) in [6.07, 6.45) is 2.59. The zero-order valence-electron chi connectivity index (χ0n) is 11.7. The molecule has 2 N–H and O–H groups in total. The molecule has 0 bridgehead atoms. The van der Waals surface area contributed by atoms with Crippen LogP contribution in [0.25, 0.3) is 0 Å². The van der Waals surface area contributed by atoms with Crippen molar-refractivity contribution in [3.63, 3.8) is 0 Å². The second-order valence-electron chi connectivity index (χ2n) is 3.83. The molecule has 0 aliphatic heterocycles. The number of halogens is 1. The molecule has 0 fully saturated rings. The van der Waals surface area contributed by atoms with E-state index in [4.69, 9.17) is 21.7 Å². The van der Waals surface area contributed by atoms with Crippen LogP contribution < -0.4 is 20.2 Å². The molecule has 5 nitrogen and oxygen atoms in total. The van der Waals surface area contributed by atoms with Crippen molar-refractivity contribution in [1.82, 2.24) is 10.7 Å². The maximum Gasteiger partial charge on any atom is 0.186 e. The fourth-order valence-corrected chi connectivity index (χ4v) is 2.01. The maximum absolute atomic E-state index is 5.66. The van der Waals surface area contributed by atoms with Gasteiger partial charge in [-0.3, -0.25) is 5.43 Å². The van der Waals surface area contributed by atoms with E-state index in [-0.39, 0.29) is 0 Å². The molecule has 0 saturated heterocycles. The first kappa shape index (κ1) is 16.7. The third-order valence-corrected chi connectivity index (χ3v) is 3.19. The van der Waals surface area contributed by atoms with Crippen molar-refractivity contribution in [1.29, 1.82) is 0 Å². The fraction of sp³-hybridized carbons (Fsp3) is 0.385. The standard InChI is InChI=1S/C13H18BrN3O2S/c1-4-5-19-12-10(14)6-9(7-11(12)18-3)8-16-17-13(20)15-2/h6-8H,4-5H2,1-3H3,(H2,15,17,20)/b16-8+. The van der Waals surface area contributed by atoms with Gasteiger partial charge < -0.3 is 14.8 Å². The number of ether oxygens (including phenoxy) is 2. The van der Waals surface area contributed by atoms with Crippen LogP contribution in [-0.2, 0) is 0 Å². The van der Waals surface area contributed by atoms with E-state index in [9.17, 15) is 0 Å². The van der Waals surface area contributed by atoms with E-state index >= 15 is 0 Å². The summed E-state index contributed by atoms with van der Waals surface area (Å²) < 4.78 is 11.8. The summed E-state index contributed by atoms with van der Waals surface area (Å²) in [5.74, 6) is 1.36. The Balaban J connectivity index is 2.89. The van der Waals surface area contributed by atoms with E-state index in [0.29, 0.717) is 23.2 Å². The highest BCUT2D eigenvalue weighted by molar-refractivity contribution is 9.10. The molecule has 0 aliphatic carbocycles. The molecule has 1 aromatic rings. The van der Waals surface area contributed by atoms with Gasteiger partial charge in [-0.2, -0.15) is 5.10 Å². The van der Waals surface area contributed by atoms with E-state index in [1.54, 1.807) is 20.4 Å². The molecule has 0 atom stereocenters. The second-order valence-corrected chi connectivity index (χ2v) is 5.09. The second kappa shape index (κ2) is 8.76. The van der Waals surface area contributed by atoms with Gasteiger partial charge in [-0.25, -0.2) is 0 Å². The number of hydrogen-bond acceptors (Lipinski definition) is 4. The van der Waals surface area contributed by atoms with Gasteiger partial charge in [-0.15, -0.1) is 0 Å². The quantitative estimate of drug-likeness (QED) is 0.464. The minimum Gasteiger partial charge on any atom is -0.493 e. The normalized spacial score (nSPS) is 10.4. The lowest BCUT2D eigenvalue weighted by atomic mass is 10.2. The van der Waals surface area contributed by atoms with Crippen molar-refractivity contribution in [3.8, 4) is 11.5 Å². The van der Waals surface area contributed by atoms with E-state index in [2.05, 4.69) is 38.7 Å². The van der Waals surface area contributed by atoms with Crippen molar-refractivity contribution < 1.29 is 9.47 Å². The van der Waals surface area contributed by atoms with Crippen LogP contribution in [0.3, 0.4) is 0 Å². The first-order valence-electron chi connectivity index (χ1n) is 6.13. The van der Waals surface area contributed by atoms with Gasteiger partial charge >= 0.3 is 0 Å². The number of thiocarbonyl (C=S) groups is 1. The number of benzene rings is 1. The van der Waals surface area contributed by atoms with E-state index in [1.165, 1.54) is 0 Å². The third kappa shape index (κ3) is 4.97. The molecular weight excluding hydrogens is 342 g/mol. The number of hydrogen-bond donors (Lipinski definition) is 2. The lowest BCUT2D eigenvalue weighted by Gasteiger charge is -2.12. The Morgan fingerprint density at radius 2 is 2.25 bits per heavy atom. The summed E-state index contributed by atoms with van der Waals surface area (Å²) in [6.45, 7) is 2.69. The largest absolute Gasteiger partial charge is 0.493 e. The van der Waals surface area contributed by atoms with Crippen molar-refractivity contribution >= 4 is 39.5 Å². The van der Waals surface area contributed by atoms with E-state index in [0.717, 1.165) is 16.5 Å². The van der Waals surface area contributed by atoms with Gasteiger partial charge in [0.2, 0.25) is 0 Å². The van der Waals surface area contributed by atoms with Crippen molar-refractivity contribution in [2.45, 2.75) is 13.3 Å². The van der Waals surface area contributed by atoms with Crippen LogP contribution in [0, 0.1) is 0 Å². The average molecular weight is 360 g/mol. The van der Waals surface area contributed by atoms with Gasteiger partial charge in [0.1, 0.15) is 0 Å². The maximum atomic E-state index is 5.66. The summed E-state index contributed by atoms with van der Waals surface area (Å²) >= 11 is 8.40. The number of nitrogens with zero attached hydrogens (tertiary/aromatic N) is 1. The average Bonchev–Trinajstić information content (AvgIpc) is 2.45. The van der Waals surface area contributed by atoms with Gasteiger partial charge in [0.25, 0.3) is 0 Å². The number of hydrazone groups is 1. The van der Waals surface area contributed by atoms with E-state index < -0.39 is 0 Å². The molecule has 0 unspecified atom stereocenters. The smallest absolute Gasteiger partial charge is 0.186 e. The van der Waals surface area contributed by atoms with Crippen LogP contribution in [0.1, 0.15) is 18.9 Å². The lowest BCUT2D eigenvalue weighted by molar-refractivity contribution is 0.292. The predicted molar refractivity (Wildman–Crippen MR) is 88.9 cm³/mol. The molecular formula is C13H18BrN3O2S. The van der Waals surface area contributed by atoms with Crippen molar-refractivity contribution in [2.75, 3.05) is 20.8 Å². The Labute approximate surface area is 132 Å². The predicted octanol–water partition coefficient (Wildman–Crippen LogP) is 2.67. The SMILES string of the molecule is CCCOc1c(Br)cc(/C=N/NC(=S)NC)cc1OC. The molecule has 110 valence electrons. The molecule has 0 aromatic heterocycles. The zero-order valence-corrected chi connectivity index (χ0v) is 14.1. The summed E-state index contributed by atoms with van der Waals surface area (Å²) in [5.41, 5.74) is 3.55. The molecule has 0 heterocycles. The summed E-state index contributed by atoms with van der Waals surface area (Å²) in [5, 5.41) is 7.25. The van der Waals surface area contributed by atoms with Gasteiger partial charge in [0.15, 0.2) is 16.6 Å². The van der Waals surface area contributed by atoms with E-state index in [1.807, 2.05) is 12.1 Å². The summed E-state index contributed by atoms with van der Waals surface area (Å²) in [7, 11) is 3.33. The summed E-state index contributed by atoms with van der Waals surface area (Å²) in [4.78, 5) is 0. The summed E-state index contributed by atoms with van der Waals surface area (Å²) in [6, 6.07) is 3.75. The number of nitrogens with one attached hydrogen (secondary N) is 2. The Hall–Kier alpha value is -1.34. The van der Waals surface area contributed by atoms with Gasteiger partial charge in [-0.05, 0) is 52.3 Å². The Bertz CT molecular complexity index is 495. The van der Waals surface area contributed by atoms with Gasteiger partial charge in [0, 0.05) is 7.05 Å². The zero-order chi connectivity index (χ0) is 15.0.